The van der Waals surface area contributed by atoms with Gasteiger partial charge in [-0.2, -0.15) is 0 Å². The molecule has 1 heterocycles. The lowest BCUT2D eigenvalue weighted by Gasteiger charge is -2.04. The predicted octanol–water partition coefficient (Wildman–Crippen LogP) is 1.63. The lowest BCUT2D eigenvalue weighted by atomic mass is 10.2. The zero-order valence-corrected chi connectivity index (χ0v) is 8.02. The van der Waals surface area contributed by atoms with Crippen molar-refractivity contribution in [2.24, 2.45) is 0 Å². The average molecular weight is 194 g/mol. The van der Waals surface area contributed by atoms with Crippen molar-refractivity contribution in [1.29, 1.82) is 0 Å². The Morgan fingerprint density at radius 1 is 1.64 bits per heavy atom. The molecule has 0 spiro atoms. The SMILES string of the molecule is O=C(O)CCCc1cncn1C1CC1. The number of hydrogen-bond donors (Lipinski definition) is 1. The molecular formula is C10H14N2O2. The van der Waals surface area contributed by atoms with Crippen molar-refractivity contribution in [3.8, 4) is 0 Å². The summed E-state index contributed by atoms with van der Waals surface area (Å²) < 4.78 is 2.18. The van der Waals surface area contributed by atoms with Crippen LogP contribution in [0.1, 0.15) is 37.4 Å². The number of carboxylic acid groups (broad SMARTS) is 1. The summed E-state index contributed by atoms with van der Waals surface area (Å²) in [6.07, 6.45) is 7.95. The molecule has 4 nitrogen and oxygen atoms in total. The number of carbonyl (C=O) groups is 1. The molecule has 1 fully saturated rings. The van der Waals surface area contributed by atoms with Gasteiger partial charge in [0.25, 0.3) is 0 Å². The van der Waals surface area contributed by atoms with Crippen LogP contribution in [-0.4, -0.2) is 20.6 Å². The van der Waals surface area contributed by atoms with E-state index in [1.54, 1.807) is 0 Å². The molecule has 1 N–H and O–H groups in total. The Bertz CT molecular complexity index is 329. The van der Waals surface area contributed by atoms with Crippen molar-refractivity contribution in [3.05, 3.63) is 18.2 Å². The van der Waals surface area contributed by atoms with Gasteiger partial charge in [-0.3, -0.25) is 4.79 Å². The highest BCUT2D eigenvalue weighted by Gasteiger charge is 2.24. The molecule has 0 aliphatic heterocycles. The fourth-order valence-electron chi connectivity index (χ4n) is 1.63. The van der Waals surface area contributed by atoms with Crippen LogP contribution in [0.3, 0.4) is 0 Å². The van der Waals surface area contributed by atoms with E-state index in [0.717, 1.165) is 6.42 Å². The molecule has 0 atom stereocenters. The van der Waals surface area contributed by atoms with Gasteiger partial charge in [0.05, 0.1) is 6.33 Å². The molecule has 1 aromatic rings. The second-order valence-corrected chi connectivity index (χ2v) is 3.77. The van der Waals surface area contributed by atoms with E-state index < -0.39 is 5.97 Å². The summed E-state index contributed by atoms with van der Waals surface area (Å²) in [4.78, 5) is 14.4. The third-order valence-corrected chi connectivity index (χ3v) is 2.51. The number of rotatable bonds is 5. The second kappa shape index (κ2) is 3.82. The number of aliphatic carboxylic acids is 1. The van der Waals surface area contributed by atoms with Gasteiger partial charge in [0.2, 0.25) is 0 Å². The van der Waals surface area contributed by atoms with Gasteiger partial charge in [-0.05, 0) is 25.7 Å². The van der Waals surface area contributed by atoms with Crippen molar-refractivity contribution in [2.45, 2.75) is 38.1 Å². The highest BCUT2D eigenvalue weighted by Crippen LogP contribution is 2.35. The number of hydrogen-bond acceptors (Lipinski definition) is 2. The van der Waals surface area contributed by atoms with E-state index in [0.29, 0.717) is 12.5 Å². The van der Waals surface area contributed by atoms with Crippen LogP contribution < -0.4 is 0 Å². The molecule has 1 aliphatic carbocycles. The third kappa shape index (κ3) is 2.13. The molecule has 14 heavy (non-hydrogen) atoms. The van der Waals surface area contributed by atoms with Gasteiger partial charge in [-0.1, -0.05) is 0 Å². The number of carboxylic acids is 1. The van der Waals surface area contributed by atoms with Crippen molar-refractivity contribution < 1.29 is 9.90 Å². The van der Waals surface area contributed by atoms with E-state index in [2.05, 4.69) is 9.55 Å². The summed E-state index contributed by atoms with van der Waals surface area (Å²) in [5.74, 6) is -0.720. The van der Waals surface area contributed by atoms with E-state index in [9.17, 15) is 4.79 Å². The minimum Gasteiger partial charge on any atom is -0.481 e. The van der Waals surface area contributed by atoms with E-state index >= 15 is 0 Å². The normalized spacial score (nSPS) is 15.7. The Morgan fingerprint density at radius 2 is 2.43 bits per heavy atom. The summed E-state index contributed by atoms with van der Waals surface area (Å²) >= 11 is 0. The zero-order chi connectivity index (χ0) is 9.97. The quantitative estimate of drug-likeness (QED) is 0.775. The Balaban J connectivity index is 1.88. The van der Waals surface area contributed by atoms with Crippen LogP contribution in [0.4, 0.5) is 0 Å². The van der Waals surface area contributed by atoms with Gasteiger partial charge in [0, 0.05) is 24.4 Å². The molecule has 1 aromatic heterocycles. The first-order valence-electron chi connectivity index (χ1n) is 5.00. The Labute approximate surface area is 82.6 Å². The molecule has 1 saturated carbocycles. The second-order valence-electron chi connectivity index (χ2n) is 3.77. The smallest absolute Gasteiger partial charge is 0.303 e. The Morgan fingerprint density at radius 3 is 3.07 bits per heavy atom. The summed E-state index contributed by atoms with van der Waals surface area (Å²) in [5, 5.41) is 8.51. The van der Waals surface area contributed by atoms with Gasteiger partial charge in [0.1, 0.15) is 0 Å². The predicted molar refractivity (Wildman–Crippen MR) is 51.1 cm³/mol. The summed E-state index contributed by atoms with van der Waals surface area (Å²) in [6, 6.07) is 0.636. The van der Waals surface area contributed by atoms with Crippen molar-refractivity contribution in [3.63, 3.8) is 0 Å². The lowest BCUT2D eigenvalue weighted by molar-refractivity contribution is -0.137. The maximum absolute atomic E-state index is 10.3. The summed E-state index contributed by atoms with van der Waals surface area (Å²) in [6.45, 7) is 0. The molecule has 76 valence electrons. The fraction of sp³-hybridized carbons (Fsp3) is 0.600. The topological polar surface area (TPSA) is 55.1 Å². The molecule has 1 aliphatic rings. The van der Waals surface area contributed by atoms with Crippen LogP contribution in [0.15, 0.2) is 12.5 Å². The van der Waals surface area contributed by atoms with Crippen LogP contribution in [0.5, 0.6) is 0 Å². The molecule has 0 aromatic carbocycles. The van der Waals surface area contributed by atoms with Gasteiger partial charge >= 0.3 is 5.97 Å². The fourth-order valence-corrected chi connectivity index (χ4v) is 1.63. The third-order valence-electron chi connectivity index (χ3n) is 2.51. The first kappa shape index (κ1) is 9.24. The van der Waals surface area contributed by atoms with E-state index in [-0.39, 0.29) is 6.42 Å². The highest BCUT2D eigenvalue weighted by molar-refractivity contribution is 5.66. The number of aromatic nitrogens is 2. The number of nitrogens with zero attached hydrogens (tertiary/aromatic N) is 2. The van der Waals surface area contributed by atoms with Crippen LogP contribution >= 0.6 is 0 Å². The van der Waals surface area contributed by atoms with Crippen molar-refractivity contribution in [2.75, 3.05) is 0 Å². The molecule has 0 bridgehead atoms. The molecule has 0 radical (unpaired) electrons. The standard InChI is InChI=1S/C10H14N2O2/c13-10(14)3-1-2-9-6-11-7-12(9)8-4-5-8/h6-8H,1-5H2,(H,13,14). The maximum atomic E-state index is 10.3. The molecule has 4 heteroatoms. The van der Waals surface area contributed by atoms with Crippen LogP contribution in [-0.2, 0) is 11.2 Å². The Hall–Kier alpha value is -1.32. The van der Waals surface area contributed by atoms with Gasteiger partial charge in [-0.15, -0.1) is 0 Å². The summed E-state index contributed by atoms with van der Waals surface area (Å²) in [5.41, 5.74) is 1.17. The van der Waals surface area contributed by atoms with Gasteiger partial charge in [0.15, 0.2) is 0 Å². The van der Waals surface area contributed by atoms with E-state index in [1.807, 2.05) is 12.5 Å². The average Bonchev–Trinajstić information content (AvgIpc) is 2.87. The minimum atomic E-state index is -0.720. The first-order chi connectivity index (χ1) is 6.77. The largest absolute Gasteiger partial charge is 0.481 e. The molecule has 2 rings (SSSR count). The highest BCUT2D eigenvalue weighted by atomic mass is 16.4. The maximum Gasteiger partial charge on any atom is 0.303 e. The van der Waals surface area contributed by atoms with E-state index in [1.165, 1.54) is 18.5 Å². The first-order valence-corrected chi connectivity index (χ1v) is 5.00. The molecule has 0 unspecified atom stereocenters. The van der Waals surface area contributed by atoms with Crippen molar-refractivity contribution in [1.82, 2.24) is 9.55 Å². The van der Waals surface area contributed by atoms with Crippen LogP contribution in [0.25, 0.3) is 0 Å². The molecule has 0 saturated heterocycles. The van der Waals surface area contributed by atoms with Gasteiger partial charge < -0.3 is 9.67 Å². The lowest BCUT2D eigenvalue weighted by Crippen LogP contribution is -2.01. The zero-order valence-electron chi connectivity index (χ0n) is 8.02. The minimum absolute atomic E-state index is 0.246. The summed E-state index contributed by atoms with van der Waals surface area (Å²) in [7, 11) is 0. The van der Waals surface area contributed by atoms with E-state index in [4.69, 9.17) is 5.11 Å². The van der Waals surface area contributed by atoms with Crippen molar-refractivity contribution >= 4 is 5.97 Å². The Kier molecular flexibility index (Phi) is 2.52. The molecule has 0 amide bonds. The monoisotopic (exact) mass is 194 g/mol. The number of aryl methyl sites for hydroxylation is 1. The number of imidazole rings is 1. The van der Waals surface area contributed by atoms with Crippen LogP contribution in [0, 0.1) is 0 Å². The van der Waals surface area contributed by atoms with Crippen LogP contribution in [0.2, 0.25) is 0 Å². The molecular weight excluding hydrogens is 180 g/mol. The van der Waals surface area contributed by atoms with Gasteiger partial charge in [-0.25, -0.2) is 4.98 Å².